The molecule has 1 heterocycles. The Kier molecular flexibility index (Phi) is 7.46. The summed E-state index contributed by atoms with van der Waals surface area (Å²) in [6.45, 7) is 3.86. The number of nitrogens with zero attached hydrogens (tertiary/aromatic N) is 1. The largest absolute Gasteiger partial charge is 0.490 e. The van der Waals surface area contributed by atoms with Gasteiger partial charge in [-0.05, 0) is 57.4 Å². The van der Waals surface area contributed by atoms with Crippen LogP contribution in [0.25, 0.3) is 0 Å². The first kappa shape index (κ1) is 23.0. The zero-order valence-corrected chi connectivity index (χ0v) is 18.6. The van der Waals surface area contributed by atoms with E-state index in [4.69, 9.17) is 9.47 Å². The Morgan fingerprint density at radius 1 is 1.00 bits per heavy atom. The number of piperidine rings is 1. The van der Waals surface area contributed by atoms with Gasteiger partial charge in [0.2, 0.25) is 10.0 Å². The fraction of sp³-hybridized carbons (Fsp3) is 0.391. The van der Waals surface area contributed by atoms with E-state index in [0.717, 1.165) is 12.0 Å². The second kappa shape index (κ2) is 10.1. The Balaban J connectivity index is 1.62. The summed E-state index contributed by atoms with van der Waals surface area (Å²) < 4.78 is 38.4. The lowest BCUT2D eigenvalue weighted by molar-refractivity contribution is -0.149. The van der Waals surface area contributed by atoms with Crippen molar-refractivity contribution in [2.45, 2.75) is 44.0 Å². The molecule has 2 aromatic rings. The van der Waals surface area contributed by atoms with Crippen LogP contribution >= 0.6 is 0 Å². The number of carbonyl (C=O) groups is 2. The molecule has 0 amide bonds. The molecule has 0 N–H and O–H groups in total. The summed E-state index contributed by atoms with van der Waals surface area (Å²) in [5.41, 5.74) is 1.55. The van der Waals surface area contributed by atoms with Crippen LogP contribution in [0.2, 0.25) is 0 Å². The first-order chi connectivity index (χ1) is 14.8. The van der Waals surface area contributed by atoms with Gasteiger partial charge in [-0.2, -0.15) is 4.31 Å². The van der Waals surface area contributed by atoms with E-state index < -0.39 is 22.0 Å². The summed E-state index contributed by atoms with van der Waals surface area (Å²) >= 11 is 0. The molecule has 0 aliphatic carbocycles. The fourth-order valence-corrected chi connectivity index (χ4v) is 5.10. The van der Waals surface area contributed by atoms with Crippen LogP contribution in [0, 0.1) is 6.92 Å². The third kappa shape index (κ3) is 5.71. The van der Waals surface area contributed by atoms with Crippen molar-refractivity contribution in [2.75, 3.05) is 19.8 Å². The van der Waals surface area contributed by atoms with E-state index in [9.17, 15) is 18.0 Å². The molecule has 1 unspecified atom stereocenters. The maximum atomic E-state index is 13.1. The standard InChI is InChI=1S/C23H27NO6S/c1-17-6-10-20(11-7-17)29-15-16-30-23(26)22-5-3-4-14-24(22)31(27,28)21-12-8-19(9-13-21)18(2)25/h6-13,22H,3-5,14-16H2,1-2H3. The Morgan fingerprint density at radius 2 is 1.68 bits per heavy atom. The molecule has 31 heavy (non-hydrogen) atoms. The minimum absolute atomic E-state index is 0.0321. The number of hydrogen-bond donors (Lipinski definition) is 0. The van der Waals surface area contributed by atoms with E-state index in [1.54, 1.807) is 0 Å². The van der Waals surface area contributed by atoms with Crippen molar-refractivity contribution >= 4 is 21.8 Å². The third-order valence-electron chi connectivity index (χ3n) is 5.21. The summed E-state index contributed by atoms with van der Waals surface area (Å²) in [6.07, 6.45) is 1.82. The van der Waals surface area contributed by atoms with E-state index in [1.807, 2.05) is 31.2 Å². The predicted octanol–water partition coefficient (Wildman–Crippen LogP) is 3.36. The molecule has 8 heteroatoms. The van der Waals surface area contributed by atoms with Gasteiger partial charge in [0.25, 0.3) is 0 Å². The number of hydrogen-bond acceptors (Lipinski definition) is 6. The monoisotopic (exact) mass is 445 g/mol. The van der Waals surface area contributed by atoms with Crippen molar-refractivity contribution < 1.29 is 27.5 Å². The molecule has 3 rings (SSSR count). The minimum atomic E-state index is -3.89. The van der Waals surface area contributed by atoms with Crippen LogP contribution in [-0.2, 0) is 19.6 Å². The van der Waals surface area contributed by atoms with Crippen LogP contribution in [0.4, 0.5) is 0 Å². The number of rotatable bonds is 8. The van der Waals surface area contributed by atoms with Gasteiger partial charge in [0, 0.05) is 12.1 Å². The summed E-state index contributed by atoms with van der Waals surface area (Å²) in [5, 5.41) is 0. The lowest BCUT2D eigenvalue weighted by Gasteiger charge is -2.33. The number of aryl methyl sites for hydroxylation is 1. The number of benzene rings is 2. The Labute approximate surface area is 183 Å². The van der Waals surface area contributed by atoms with Gasteiger partial charge in [-0.15, -0.1) is 0 Å². The number of sulfonamides is 1. The average molecular weight is 446 g/mol. The van der Waals surface area contributed by atoms with Crippen molar-refractivity contribution in [3.05, 3.63) is 59.7 Å². The summed E-state index contributed by atoms with van der Waals surface area (Å²) in [6, 6.07) is 12.4. The van der Waals surface area contributed by atoms with E-state index in [2.05, 4.69) is 0 Å². The Morgan fingerprint density at radius 3 is 2.32 bits per heavy atom. The van der Waals surface area contributed by atoms with Crippen molar-refractivity contribution in [3.63, 3.8) is 0 Å². The van der Waals surface area contributed by atoms with Gasteiger partial charge in [0.15, 0.2) is 5.78 Å². The second-order valence-corrected chi connectivity index (χ2v) is 9.43. The van der Waals surface area contributed by atoms with Crippen LogP contribution in [0.5, 0.6) is 5.75 Å². The van der Waals surface area contributed by atoms with E-state index in [0.29, 0.717) is 24.2 Å². The molecule has 166 valence electrons. The first-order valence-corrected chi connectivity index (χ1v) is 11.7. The summed E-state index contributed by atoms with van der Waals surface area (Å²) in [7, 11) is -3.89. The normalized spacial score (nSPS) is 17.2. The van der Waals surface area contributed by atoms with Gasteiger partial charge >= 0.3 is 5.97 Å². The number of carbonyl (C=O) groups excluding carboxylic acids is 2. The number of esters is 1. The summed E-state index contributed by atoms with van der Waals surface area (Å²) in [4.78, 5) is 24.2. The van der Waals surface area contributed by atoms with Gasteiger partial charge in [0.05, 0.1) is 4.90 Å². The first-order valence-electron chi connectivity index (χ1n) is 10.3. The third-order valence-corrected chi connectivity index (χ3v) is 7.13. The number of Topliss-reactive ketones (excluding diaryl/α,β-unsaturated/α-hetero) is 1. The predicted molar refractivity (Wildman–Crippen MR) is 116 cm³/mol. The maximum absolute atomic E-state index is 13.1. The van der Waals surface area contributed by atoms with Gasteiger partial charge in [-0.25, -0.2) is 8.42 Å². The quantitative estimate of drug-likeness (QED) is 0.352. The maximum Gasteiger partial charge on any atom is 0.324 e. The van der Waals surface area contributed by atoms with Gasteiger partial charge in [-0.1, -0.05) is 29.8 Å². The lowest BCUT2D eigenvalue weighted by atomic mass is 10.1. The Hall–Kier alpha value is -2.71. The number of ketones is 1. The highest BCUT2D eigenvalue weighted by atomic mass is 32.2. The molecule has 0 radical (unpaired) electrons. The van der Waals surface area contributed by atoms with Crippen LogP contribution in [0.15, 0.2) is 53.4 Å². The van der Waals surface area contributed by atoms with Crippen molar-refractivity contribution in [1.29, 1.82) is 0 Å². The smallest absolute Gasteiger partial charge is 0.324 e. The Bertz CT molecular complexity index is 1020. The molecule has 0 saturated carbocycles. The molecule has 0 aromatic heterocycles. The van der Waals surface area contributed by atoms with Gasteiger partial charge in [-0.3, -0.25) is 9.59 Å². The highest BCUT2D eigenvalue weighted by molar-refractivity contribution is 7.89. The highest BCUT2D eigenvalue weighted by Gasteiger charge is 2.38. The molecule has 0 bridgehead atoms. The zero-order valence-electron chi connectivity index (χ0n) is 17.7. The summed E-state index contributed by atoms with van der Waals surface area (Å²) in [5.74, 6) is -0.0371. The molecule has 1 aliphatic heterocycles. The van der Waals surface area contributed by atoms with Crippen LogP contribution < -0.4 is 4.74 Å². The van der Waals surface area contributed by atoms with Crippen LogP contribution in [0.3, 0.4) is 0 Å². The average Bonchev–Trinajstić information content (AvgIpc) is 2.78. The van der Waals surface area contributed by atoms with Crippen molar-refractivity contribution in [2.24, 2.45) is 0 Å². The topological polar surface area (TPSA) is 90.0 Å². The van der Waals surface area contributed by atoms with E-state index in [1.165, 1.54) is 35.5 Å². The SMILES string of the molecule is CC(=O)c1ccc(S(=O)(=O)N2CCCCC2C(=O)OCCOc2ccc(C)cc2)cc1. The van der Waals surface area contributed by atoms with Gasteiger partial charge in [0.1, 0.15) is 25.0 Å². The highest BCUT2D eigenvalue weighted by Crippen LogP contribution is 2.26. The molecule has 2 aromatic carbocycles. The molecule has 1 atom stereocenters. The molecule has 0 spiro atoms. The molecular formula is C23H27NO6S. The zero-order chi connectivity index (χ0) is 22.4. The fourth-order valence-electron chi connectivity index (χ4n) is 3.46. The van der Waals surface area contributed by atoms with Crippen molar-refractivity contribution in [1.82, 2.24) is 4.31 Å². The van der Waals surface area contributed by atoms with E-state index >= 15 is 0 Å². The lowest BCUT2D eigenvalue weighted by Crippen LogP contribution is -2.48. The second-order valence-electron chi connectivity index (χ2n) is 7.54. The van der Waals surface area contributed by atoms with Crippen LogP contribution in [0.1, 0.15) is 42.1 Å². The molecule has 1 aliphatic rings. The minimum Gasteiger partial charge on any atom is -0.490 e. The molecule has 1 saturated heterocycles. The molecule has 1 fully saturated rings. The van der Waals surface area contributed by atoms with Gasteiger partial charge < -0.3 is 9.47 Å². The molecular weight excluding hydrogens is 418 g/mol. The van der Waals surface area contributed by atoms with Crippen LogP contribution in [-0.4, -0.2) is 50.3 Å². The van der Waals surface area contributed by atoms with E-state index in [-0.39, 0.29) is 30.4 Å². The molecule has 7 nitrogen and oxygen atoms in total. The number of ether oxygens (including phenoxy) is 2. The van der Waals surface area contributed by atoms with Crippen molar-refractivity contribution in [3.8, 4) is 5.75 Å².